The lowest BCUT2D eigenvalue weighted by atomic mass is 10.0. The van der Waals surface area contributed by atoms with Crippen LogP contribution in [0.5, 0.6) is 0 Å². The summed E-state index contributed by atoms with van der Waals surface area (Å²) >= 11 is 0. The van der Waals surface area contributed by atoms with E-state index in [2.05, 4.69) is 4.74 Å². The molecule has 0 heterocycles. The Morgan fingerprint density at radius 1 is 1.20 bits per heavy atom. The number of halogens is 4. The van der Waals surface area contributed by atoms with E-state index in [4.69, 9.17) is 5.73 Å². The Labute approximate surface area is 110 Å². The average Bonchev–Trinajstić information content (AvgIpc) is 2.41. The Bertz CT molecular complexity index is 599. The van der Waals surface area contributed by atoms with Gasteiger partial charge in [0, 0.05) is 6.20 Å². The SMILES string of the molecule is CCOC(=O)C(=CN)C(=O)c1cc(F)c(F)c(F)c1F. The van der Waals surface area contributed by atoms with Crippen LogP contribution in [0.15, 0.2) is 17.8 Å². The highest BCUT2D eigenvalue weighted by atomic mass is 19.2. The van der Waals surface area contributed by atoms with Crippen LogP contribution in [0.2, 0.25) is 0 Å². The fourth-order valence-corrected chi connectivity index (χ4v) is 1.33. The zero-order valence-electron chi connectivity index (χ0n) is 10.2. The molecule has 0 saturated carbocycles. The summed E-state index contributed by atoms with van der Waals surface area (Å²) in [4.78, 5) is 23.1. The first-order valence-corrected chi connectivity index (χ1v) is 5.31. The number of ketones is 1. The lowest BCUT2D eigenvalue weighted by molar-refractivity contribution is -0.138. The first-order valence-electron chi connectivity index (χ1n) is 5.31. The number of Topliss-reactive ketones (excluding diaryl/α,β-unsaturated/α-hetero) is 1. The number of hydrogen-bond acceptors (Lipinski definition) is 4. The number of hydrogen-bond donors (Lipinski definition) is 1. The minimum atomic E-state index is -2.16. The van der Waals surface area contributed by atoms with Gasteiger partial charge in [0.25, 0.3) is 0 Å². The lowest BCUT2D eigenvalue weighted by Crippen LogP contribution is -2.19. The fourth-order valence-electron chi connectivity index (χ4n) is 1.33. The van der Waals surface area contributed by atoms with Crippen molar-refractivity contribution in [1.29, 1.82) is 0 Å². The average molecular weight is 291 g/mol. The number of esters is 1. The van der Waals surface area contributed by atoms with Crippen molar-refractivity contribution >= 4 is 11.8 Å². The zero-order valence-corrected chi connectivity index (χ0v) is 10.2. The molecule has 0 aliphatic heterocycles. The zero-order chi connectivity index (χ0) is 15.4. The van der Waals surface area contributed by atoms with Crippen molar-refractivity contribution in [2.45, 2.75) is 6.92 Å². The van der Waals surface area contributed by atoms with E-state index in [1.807, 2.05) is 0 Å². The molecule has 1 rings (SSSR count). The summed E-state index contributed by atoms with van der Waals surface area (Å²) in [6.45, 7) is 1.34. The van der Waals surface area contributed by atoms with Gasteiger partial charge in [0.15, 0.2) is 23.3 Å². The molecule has 0 spiro atoms. The molecular weight excluding hydrogens is 282 g/mol. The highest BCUT2D eigenvalue weighted by Crippen LogP contribution is 2.21. The van der Waals surface area contributed by atoms with Crippen LogP contribution in [0.4, 0.5) is 17.6 Å². The minimum absolute atomic E-state index is 0.0991. The van der Waals surface area contributed by atoms with Gasteiger partial charge in [0.1, 0.15) is 5.57 Å². The molecule has 0 amide bonds. The van der Waals surface area contributed by atoms with Crippen molar-refractivity contribution in [3.63, 3.8) is 0 Å². The van der Waals surface area contributed by atoms with E-state index in [0.29, 0.717) is 6.20 Å². The van der Waals surface area contributed by atoms with Gasteiger partial charge in [0.05, 0.1) is 12.2 Å². The van der Waals surface area contributed by atoms with Crippen molar-refractivity contribution in [3.05, 3.63) is 46.7 Å². The highest BCUT2D eigenvalue weighted by molar-refractivity contribution is 6.24. The molecule has 108 valence electrons. The molecule has 8 heteroatoms. The van der Waals surface area contributed by atoms with Crippen molar-refractivity contribution in [1.82, 2.24) is 0 Å². The number of carbonyl (C=O) groups is 2. The van der Waals surface area contributed by atoms with E-state index < -0.39 is 46.2 Å². The summed E-state index contributed by atoms with van der Waals surface area (Å²) in [5.74, 6) is -10.5. The predicted octanol–water partition coefficient (Wildman–Crippen LogP) is 1.83. The van der Waals surface area contributed by atoms with Crippen LogP contribution in [0.3, 0.4) is 0 Å². The van der Waals surface area contributed by atoms with Gasteiger partial charge in [-0.2, -0.15) is 0 Å². The Balaban J connectivity index is 3.31. The van der Waals surface area contributed by atoms with Crippen molar-refractivity contribution in [2.75, 3.05) is 6.61 Å². The van der Waals surface area contributed by atoms with E-state index in [9.17, 15) is 27.2 Å². The van der Waals surface area contributed by atoms with Crippen molar-refractivity contribution in [3.8, 4) is 0 Å². The number of ether oxygens (including phenoxy) is 1. The van der Waals surface area contributed by atoms with Crippen molar-refractivity contribution in [2.24, 2.45) is 5.73 Å². The number of rotatable bonds is 4. The Morgan fingerprint density at radius 2 is 1.80 bits per heavy atom. The quantitative estimate of drug-likeness (QED) is 0.134. The van der Waals surface area contributed by atoms with Gasteiger partial charge < -0.3 is 10.5 Å². The molecule has 0 aliphatic rings. The third-order valence-electron chi connectivity index (χ3n) is 2.25. The molecule has 0 bridgehead atoms. The van der Waals surface area contributed by atoms with Gasteiger partial charge in [0.2, 0.25) is 5.78 Å². The van der Waals surface area contributed by atoms with E-state index >= 15 is 0 Å². The third-order valence-corrected chi connectivity index (χ3v) is 2.25. The monoisotopic (exact) mass is 291 g/mol. The molecule has 0 aliphatic carbocycles. The summed E-state index contributed by atoms with van der Waals surface area (Å²) < 4.78 is 56.7. The first kappa shape index (κ1) is 15.7. The van der Waals surface area contributed by atoms with Gasteiger partial charge in [-0.25, -0.2) is 22.4 Å². The van der Waals surface area contributed by atoms with Crippen LogP contribution in [0.25, 0.3) is 0 Å². The van der Waals surface area contributed by atoms with Gasteiger partial charge >= 0.3 is 5.97 Å². The minimum Gasteiger partial charge on any atom is -0.462 e. The van der Waals surface area contributed by atoms with Gasteiger partial charge in [-0.05, 0) is 13.0 Å². The summed E-state index contributed by atoms with van der Waals surface area (Å²) in [5, 5.41) is 0. The van der Waals surface area contributed by atoms with E-state index in [1.54, 1.807) is 0 Å². The van der Waals surface area contributed by atoms with Gasteiger partial charge in [-0.3, -0.25) is 4.79 Å². The van der Waals surface area contributed by atoms with Crippen LogP contribution < -0.4 is 5.73 Å². The molecule has 0 saturated heterocycles. The molecule has 0 unspecified atom stereocenters. The Kier molecular flexibility index (Phi) is 4.84. The summed E-state index contributed by atoms with van der Waals surface area (Å²) in [6.07, 6.45) is 0.513. The molecule has 2 N–H and O–H groups in total. The first-order chi connectivity index (χ1) is 9.34. The second kappa shape index (κ2) is 6.18. The molecule has 1 aromatic rings. The maximum Gasteiger partial charge on any atom is 0.343 e. The maximum absolute atomic E-state index is 13.4. The van der Waals surface area contributed by atoms with E-state index in [0.717, 1.165) is 0 Å². The molecule has 0 aromatic heterocycles. The van der Waals surface area contributed by atoms with Crippen LogP contribution in [0.1, 0.15) is 17.3 Å². The number of benzene rings is 1. The van der Waals surface area contributed by atoms with Crippen LogP contribution in [-0.4, -0.2) is 18.4 Å². The Morgan fingerprint density at radius 3 is 2.30 bits per heavy atom. The van der Waals surface area contributed by atoms with E-state index in [1.165, 1.54) is 6.92 Å². The number of carbonyl (C=O) groups excluding carboxylic acids is 2. The molecule has 1 aromatic carbocycles. The molecular formula is C12H9F4NO3. The smallest absolute Gasteiger partial charge is 0.343 e. The van der Waals surface area contributed by atoms with Gasteiger partial charge in [-0.1, -0.05) is 0 Å². The Hall–Kier alpha value is -2.38. The normalized spacial score (nSPS) is 11.3. The summed E-state index contributed by atoms with van der Waals surface area (Å²) in [7, 11) is 0. The molecule has 0 radical (unpaired) electrons. The summed E-state index contributed by atoms with van der Waals surface area (Å²) in [5.41, 5.74) is 3.05. The maximum atomic E-state index is 13.4. The topological polar surface area (TPSA) is 69.4 Å². The molecule has 0 fully saturated rings. The lowest BCUT2D eigenvalue weighted by Gasteiger charge is -2.07. The fraction of sp³-hybridized carbons (Fsp3) is 0.167. The largest absolute Gasteiger partial charge is 0.462 e. The van der Waals surface area contributed by atoms with Crippen LogP contribution >= 0.6 is 0 Å². The van der Waals surface area contributed by atoms with Crippen LogP contribution in [0, 0.1) is 23.3 Å². The summed E-state index contributed by atoms with van der Waals surface area (Å²) in [6, 6.07) is 0.138. The molecule has 20 heavy (non-hydrogen) atoms. The standard InChI is InChI=1S/C12H9F4NO3/c1-2-20-12(19)6(4-17)11(18)5-3-7(13)9(15)10(16)8(5)14/h3-4H,2,17H2,1H3. The van der Waals surface area contributed by atoms with Crippen LogP contribution in [-0.2, 0) is 9.53 Å². The second-order valence-electron chi connectivity index (χ2n) is 3.48. The highest BCUT2D eigenvalue weighted by Gasteiger charge is 2.28. The second-order valence-corrected chi connectivity index (χ2v) is 3.48. The third kappa shape index (κ3) is 2.79. The predicted molar refractivity (Wildman–Crippen MR) is 59.5 cm³/mol. The molecule has 0 atom stereocenters. The molecule has 4 nitrogen and oxygen atoms in total. The van der Waals surface area contributed by atoms with Gasteiger partial charge in [-0.15, -0.1) is 0 Å². The van der Waals surface area contributed by atoms with Crippen molar-refractivity contribution < 1.29 is 31.9 Å². The van der Waals surface area contributed by atoms with E-state index in [-0.39, 0.29) is 12.7 Å². The number of nitrogens with two attached hydrogens (primary N) is 1.